The number of amides is 3. The predicted octanol–water partition coefficient (Wildman–Crippen LogP) is 2.56. The number of hydrogen-bond donors (Lipinski definition) is 2. The number of piperidine rings is 1. The zero-order valence-corrected chi connectivity index (χ0v) is 18.8. The maximum absolute atomic E-state index is 12.9. The Labute approximate surface area is 193 Å². The van der Waals surface area contributed by atoms with Crippen molar-refractivity contribution < 1.29 is 23.5 Å². The first-order valence-electron chi connectivity index (χ1n) is 10.4. The predicted molar refractivity (Wildman–Crippen MR) is 120 cm³/mol. The van der Waals surface area contributed by atoms with Crippen molar-refractivity contribution in [1.82, 2.24) is 20.4 Å². The van der Waals surface area contributed by atoms with E-state index in [2.05, 4.69) is 20.8 Å². The molecule has 3 amide bonds. The topological polar surface area (TPSA) is 127 Å². The van der Waals surface area contributed by atoms with E-state index in [1.165, 1.54) is 0 Å². The number of anilines is 1. The van der Waals surface area contributed by atoms with Gasteiger partial charge in [-0.05, 0) is 49.2 Å². The van der Waals surface area contributed by atoms with Crippen LogP contribution in [0.3, 0.4) is 0 Å². The Hall–Kier alpha value is -3.73. The van der Waals surface area contributed by atoms with Crippen LogP contribution in [0.4, 0.5) is 5.69 Å². The summed E-state index contributed by atoms with van der Waals surface area (Å²) in [5, 5.41) is 13.5. The second-order valence-corrected chi connectivity index (χ2v) is 8.46. The Kier molecular flexibility index (Phi) is 6.98. The minimum absolute atomic E-state index is 0.0823. The number of rotatable bonds is 7. The third-order valence-electron chi connectivity index (χ3n) is 5.25. The molecule has 0 aliphatic carbocycles. The van der Waals surface area contributed by atoms with E-state index in [0.29, 0.717) is 43.1 Å². The highest BCUT2D eigenvalue weighted by atomic mass is 32.1. The van der Waals surface area contributed by atoms with Gasteiger partial charge in [-0.25, -0.2) is 0 Å². The summed E-state index contributed by atoms with van der Waals surface area (Å²) in [6, 6.07) is 10.4. The van der Waals surface area contributed by atoms with Crippen LogP contribution in [0.1, 0.15) is 38.2 Å². The van der Waals surface area contributed by atoms with Crippen molar-refractivity contribution >= 4 is 34.7 Å². The zero-order valence-electron chi connectivity index (χ0n) is 17.9. The lowest BCUT2D eigenvalue weighted by Gasteiger charge is -2.31. The molecule has 0 radical (unpaired) electrons. The summed E-state index contributed by atoms with van der Waals surface area (Å²) in [4.78, 5) is 39.5. The number of nitrogens with zero attached hydrogens (tertiary/aromatic N) is 3. The molecule has 0 spiro atoms. The van der Waals surface area contributed by atoms with Gasteiger partial charge in [-0.3, -0.25) is 14.4 Å². The van der Waals surface area contributed by atoms with Crippen LogP contribution in [-0.2, 0) is 11.3 Å². The molecule has 1 fully saturated rings. The van der Waals surface area contributed by atoms with Gasteiger partial charge in [-0.15, -0.1) is 10.2 Å². The first-order chi connectivity index (χ1) is 16.0. The summed E-state index contributed by atoms with van der Waals surface area (Å²) in [7, 11) is 1.56. The lowest BCUT2D eigenvalue weighted by atomic mass is 9.97. The van der Waals surface area contributed by atoms with E-state index in [0.717, 1.165) is 11.3 Å². The van der Waals surface area contributed by atoms with Crippen molar-refractivity contribution in [3.05, 3.63) is 58.4 Å². The molecule has 1 aromatic carbocycles. The van der Waals surface area contributed by atoms with E-state index in [4.69, 9.17) is 9.15 Å². The van der Waals surface area contributed by atoms with Crippen molar-refractivity contribution in [1.29, 1.82) is 0 Å². The van der Waals surface area contributed by atoms with E-state index in [-0.39, 0.29) is 34.3 Å². The Morgan fingerprint density at radius 1 is 1.18 bits per heavy atom. The molecule has 2 N–H and O–H groups in total. The zero-order chi connectivity index (χ0) is 23.2. The van der Waals surface area contributed by atoms with Crippen molar-refractivity contribution in [3.63, 3.8) is 0 Å². The number of hydrogen-bond acceptors (Lipinski definition) is 8. The fourth-order valence-electron chi connectivity index (χ4n) is 3.50. The van der Waals surface area contributed by atoms with E-state index >= 15 is 0 Å². The average molecular weight is 470 g/mol. The van der Waals surface area contributed by atoms with Crippen LogP contribution in [0.25, 0.3) is 0 Å². The number of furan rings is 1. The molecule has 2 aromatic heterocycles. The lowest BCUT2D eigenvalue weighted by Crippen LogP contribution is -2.45. The van der Waals surface area contributed by atoms with Gasteiger partial charge in [0.1, 0.15) is 11.5 Å². The Morgan fingerprint density at radius 3 is 2.70 bits per heavy atom. The van der Waals surface area contributed by atoms with E-state index in [1.807, 2.05) is 0 Å². The van der Waals surface area contributed by atoms with Gasteiger partial charge < -0.3 is 24.7 Å². The Bertz CT molecular complexity index is 1110. The highest BCUT2D eigenvalue weighted by Gasteiger charge is 2.31. The van der Waals surface area contributed by atoms with Gasteiger partial charge >= 0.3 is 0 Å². The lowest BCUT2D eigenvalue weighted by molar-refractivity contribution is -0.126. The van der Waals surface area contributed by atoms with Crippen molar-refractivity contribution in [2.24, 2.45) is 5.92 Å². The molecular formula is C22H23N5O5S. The van der Waals surface area contributed by atoms with Crippen LogP contribution in [0, 0.1) is 5.92 Å². The minimum Gasteiger partial charge on any atom is -0.497 e. The van der Waals surface area contributed by atoms with Gasteiger partial charge in [0.15, 0.2) is 0 Å². The van der Waals surface area contributed by atoms with E-state index in [1.54, 1.807) is 54.7 Å². The maximum atomic E-state index is 12.9. The standard InChI is InChI=1S/C22H23N5O5S/c1-31-16-8-6-15(7-9-16)24-19(29)20-25-26-21(33-20)22(30)27-10-2-4-14(13-27)18(28)23-12-17-5-3-11-32-17/h3,5-9,11,14H,2,4,10,12-13H2,1H3,(H,23,28)(H,24,29)/t14-/m1/s1. The third kappa shape index (κ3) is 5.55. The molecule has 1 saturated heterocycles. The Morgan fingerprint density at radius 2 is 1.97 bits per heavy atom. The number of likely N-dealkylation sites (tertiary alicyclic amines) is 1. The van der Waals surface area contributed by atoms with Crippen molar-refractivity contribution in [3.8, 4) is 5.75 Å². The fraction of sp³-hybridized carbons (Fsp3) is 0.318. The van der Waals surface area contributed by atoms with E-state index < -0.39 is 5.91 Å². The summed E-state index contributed by atoms with van der Waals surface area (Å²) >= 11 is 0.925. The first kappa shape index (κ1) is 22.5. The number of carbonyl (C=O) groups excluding carboxylic acids is 3. The molecule has 1 atom stereocenters. The first-order valence-corrected chi connectivity index (χ1v) is 11.2. The second kappa shape index (κ2) is 10.3. The van der Waals surface area contributed by atoms with Gasteiger partial charge in [-0.2, -0.15) is 0 Å². The monoisotopic (exact) mass is 469 g/mol. The normalized spacial score (nSPS) is 15.7. The number of methoxy groups -OCH3 is 1. The van der Waals surface area contributed by atoms with Crippen molar-refractivity contribution in [2.75, 3.05) is 25.5 Å². The molecule has 1 aliphatic rings. The van der Waals surface area contributed by atoms with Crippen LogP contribution < -0.4 is 15.4 Å². The van der Waals surface area contributed by atoms with Crippen LogP contribution >= 0.6 is 11.3 Å². The second-order valence-electron chi connectivity index (χ2n) is 7.48. The molecule has 10 nitrogen and oxygen atoms in total. The number of aromatic nitrogens is 2. The SMILES string of the molecule is COc1ccc(NC(=O)c2nnc(C(=O)N3CCC[C@@H](C(=O)NCc4ccco4)C3)s2)cc1. The molecule has 33 heavy (non-hydrogen) atoms. The molecule has 3 aromatic rings. The third-order valence-corrected chi connectivity index (χ3v) is 6.16. The van der Waals surface area contributed by atoms with Crippen LogP contribution in [0.15, 0.2) is 47.1 Å². The minimum atomic E-state index is -0.453. The molecule has 1 aliphatic heterocycles. The van der Waals surface area contributed by atoms with Gasteiger partial charge in [-0.1, -0.05) is 11.3 Å². The Balaban J connectivity index is 1.33. The van der Waals surface area contributed by atoms with Crippen LogP contribution in [-0.4, -0.2) is 53.0 Å². The van der Waals surface area contributed by atoms with Crippen LogP contribution in [0.5, 0.6) is 5.75 Å². The van der Waals surface area contributed by atoms with Gasteiger partial charge in [0, 0.05) is 18.8 Å². The smallest absolute Gasteiger partial charge is 0.286 e. The highest BCUT2D eigenvalue weighted by molar-refractivity contribution is 7.15. The summed E-state index contributed by atoms with van der Waals surface area (Å²) in [5.74, 6) is 0.113. The molecule has 0 unspecified atom stereocenters. The fourth-order valence-corrected chi connectivity index (χ4v) is 4.21. The van der Waals surface area contributed by atoms with Gasteiger partial charge in [0.25, 0.3) is 11.8 Å². The molecular weight excluding hydrogens is 446 g/mol. The largest absolute Gasteiger partial charge is 0.497 e. The van der Waals surface area contributed by atoms with Crippen LogP contribution in [0.2, 0.25) is 0 Å². The molecule has 172 valence electrons. The molecule has 4 rings (SSSR count). The molecule has 0 bridgehead atoms. The molecule has 3 heterocycles. The van der Waals surface area contributed by atoms with E-state index in [9.17, 15) is 14.4 Å². The summed E-state index contributed by atoms with van der Waals surface area (Å²) in [6.45, 7) is 1.11. The maximum Gasteiger partial charge on any atom is 0.286 e. The summed E-state index contributed by atoms with van der Waals surface area (Å²) in [5.41, 5.74) is 0.573. The quantitative estimate of drug-likeness (QED) is 0.544. The summed E-state index contributed by atoms with van der Waals surface area (Å²) in [6.07, 6.45) is 2.95. The molecule has 11 heteroatoms. The van der Waals surface area contributed by atoms with Gasteiger partial charge in [0.2, 0.25) is 15.9 Å². The average Bonchev–Trinajstić information content (AvgIpc) is 3.55. The highest BCUT2D eigenvalue weighted by Crippen LogP contribution is 2.22. The number of carbonyl (C=O) groups is 3. The number of nitrogens with one attached hydrogen (secondary N) is 2. The van der Waals surface area contributed by atoms with Gasteiger partial charge in [0.05, 0.1) is 25.8 Å². The number of ether oxygens (including phenoxy) is 1. The molecule has 0 saturated carbocycles. The number of benzene rings is 1. The summed E-state index contributed by atoms with van der Waals surface area (Å²) < 4.78 is 10.3. The van der Waals surface area contributed by atoms with Crippen molar-refractivity contribution in [2.45, 2.75) is 19.4 Å².